The predicted octanol–water partition coefficient (Wildman–Crippen LogP) is -0.769. The highest BCUT2D eigenvalue weighted by atomic mass is 16.6. The molecule has 6 heterocycles. The molecular weight excluding hydrogens is 590 g/mol. The number of hydrogen-bond donors (Lipinski definition) is 3. The van der Waals surface area contributed by atoms with Crippen molar-refractivity contribution in [1.29, 1.82) is 0 Å². The van der Waals surface area contributed by atoms with Gasteiger partial charge in [0.05, 0.1) is 44.7 Å². The minimum Gasteiger partial charge on any atom is -0.463 e. The zero-order chi connectivity index (χ0) is 31.6. The van der Waals surface area contributed by atoms with E-state index in [2.05, 4.69) is 25.1 Å². The van der Waals surface area contributed by atoms with Gasteiger partial charge in [-0.3, -0.25) is 24.2 Å². The molecule has 4 atom stereocenters. The molecule has 1 amide bonds. The van der Waals surface area contributed by atoms with Crippen LogP contribution in [0.25, 0.3) is 16.7 Å². The van der Waals surface area contributed by atoms with Gasteiger partial charge in [-0.15, -0.1) is 0 Å². The van der Waals surface area contributed by atoms with Crippen LogP contribution in [0.3, 0.4) is 0 Å². The summed E-state index contributed by atoms with van der Waals surface area (Å²) in [6, 6.07) is 0. The number of amides is 1. The fraction of sp³-hybridized carbons (Fsp3) is 0.621. The zero-order valence-corrected chi connectivity index (χ0v) is 25.2. The maximum absolute atomic E-state index is 13.1. The van der Waals surface area contributed by atoms with Crippen molar-refractivity contribution in [2.45, 2.75) is 43.8 Å². The first-order valence-corrected chi connectivity index (χ1v) is 15.2. The second kappa shape index (κ2) is 13.4. The molecular formula is C29H39N7O9. The summed E-state index contributed by atoms with van der Waals surface area (Å²) in [4.78, 5) is 50.9. The third-order valence-corrected chi connectivity index (χ3v) is 8.56. The van der Waals surface area contributed by atoms with E-state index in [1.165, 1.54) is 19.3 Å². The minimum absolute atomic E-state index is 0.0948. The van der Waals surface area contributed by atoms with Gasteiger partial charge < -0.3 is 44.4 Å². The third kappa shape index (κ3) is 6.80. The fourth-order valence-electron chi connectivity index (χ4n) is 6.11. The van der Waals surface area contributed by atoms with E-state index >= 15 is 0 Å². The van der Waals surface area contributed by atoms with Crippen molar-refractivity contribution >= 4 is 40.4 Å². The van der Waals surface area contributed by atoms with Crippen molar-refractivity contribution in [3.05, 3.63) is 24.2 Å². The third-order valence-electron chi connectivity index (χ3n) is 8.56. The molecule has 3 saturated heterocycles. The molecule has 2 aromatic rings. The molecule has 2 aromatic heterocycles. The highest BCUT2D eigenvalue weighted by Gasteiger charge is 2.57. The smallest absolute Gasteiger partial charge is 0.307 e. The lowest BCUT2D eigenvalue weighted by Gasteiger charge is -2.31. The molecule has 0 aliphatic carbocycles. The highest BCUT2D eigenvalue weighted by molar-refractivity contribution is 6.13. The number of ether oxygens (including phenoxy) is 5. The first kappa shape index (κ1) is 31.3. The second-order valence-electron chi connectivity index (χ2n) is 11.7. The van der Waals surface area contributed by atoms with Gasteiger partial charge in [0.25, 0.3) is 5.91 Å². The number of anilines is 1. The van der Waals surface area contributed by atoms with E-state index in [9.17, 15) is 19.5 Å². The van der Waals surface area contributed by atoms with Gasteiger partial charge in [0.15, 0.2) is 12.3 Å². The van der Waals surface area contributed by atoms with Crippen LogP contribution in [-0.4, -0.2) is 137 Å². The Balaban J connectivity index is 1.22. The second-order valence-corrected chi connectivity index (χ2v) is 11.7. The van der Waals surface area contributed by atoms with Crippen LogP contribution in [0.15, 0.2) is 18.6 Å². The lowest BCUT2D eigenvalue weighted by Crippen LogP contribution is -2.47. The molecule has 4 unspecified atom stereocenters. The average molecular weight is 630 g/mol. The first-order valence-electron chi connectivity index (χ1n) is 15.2. The maximum Gasteiger partial charge on any atom is 0.307 e. The van der Waals surface area contributed by atoms with E-state index in [4.69, 9.17) is 29.4 Å². The highest BCUT2D eigenvalue weighted by Crippen LogP contribution is 2.43. The van der Waals surface area contributed by atoms with Crippen LogP contribution in [0.4, 0.5) is 5.82 Å². The lowest BCUT2D eigenvalue weighted by molar-refractivity contribution is -0.166. The Hall–Kier alpha value is -3.67. The number of rotatable bonds is 10. The molecule has 0 bridgehead atoms. The number of carbonyl (C=O) groups is 3. The molecule has 244 valence electrons. The predicted molar refractivity (Wildman–Crippen MR) is 157 cm³/mol. The van der Waals surface area contributed by atoms with E-state index in [0.717, 1.165) is 13.1 Å². The number of hydrogen-bond acceptors (Lipinski definition) is 14. The Bertz CT molecular complexity index is 1450. The molecule has 4 aliphatic rings. The normalized spacial score (nSPS) is 27.6. The summed E-state index contributed by atoms with van der Waals surface area (Å²) in [6.45, 7) is 7.61. The molecule has 6 rings (SSSR count). The number of nitrogens with two attached hydrogens (primary N) is 1. The number of nitrogens with one attached hydrogen (secondary N) is 1. The number of carbonyl (C=O) groups excluding carboxylic acids is 3. The van der Waals surface area contributed by atoms with Gasteiger partial charge in [-0.25, -0.2) is 9.97 Å². The van der Waals surface area contributed by atoms with Crippen molar-refractivity contribution < 1.29 is 43.2 Å². The molecule has 16 nitrogen and oxygen atoms in total. The van der Waals surface area contributed by atoms with Crippen LogP contribution >= 0.6 is 0 Å². The largest absolute Gasteiger partial charge is 0.463 e. The maximum atomic E-state index is 13.1. The summed E-state index contributed by atoms with van der Waals surface area (Å²) in [5, 5.41) is 15.1. The molecule has 0 spiro atoms. The van der Waals surface area contributed by atoms with Crippen LogP contribution in [-0.2, 0) is 38.1 Å². The van der Waals surface area contributed by atoms with Gasteiger partial charge >= 0.3 is 11.9 Å². The molecule has 45 heavy (non-hydrogen) atoms. The molecule has 4 aliphatic heterocycles. The Kier molecular flexibility index (Phi) is 9.30. The molecule has 3 fully saturated rings. The first-order chi connectivity index (χ1) is 21.7. The van der Waals surface area contributed by atoms with Crippen molar-refractivity contribution in [3.8, 4) is 0 Å². The van der Waals surface area contributed by atoms with Crippen LogP contribution in [0.1, 0.15) is 31.6 Å². The van der Waals surface area contributed by atoms with Gasteiger partial charge in [-0.2, -0.15) is 0 Å². The summed E-state index contributed by atoms with van der Waals surface area (Å²) in [7, 11) is 0. The van der Waals surface area contributed by atoms with Crippen molar-refractivity contribution in [2.24, 2.45) is 5.73 Å². The molecule has 0 aromatic carbocycles. The Morgan fingerprint density at radius 3 is 2.38 bits per heavy atom. The van der Waals surface area contributed by atoms with Crippen LogP contribution in [0.2, 0.25) is 0 Å². The number of esters is 2. The van der Waals surface area contributed by atoms with Crippen molar-refractivity contribution in [3.63, 3.8) is 0 Å². The summed E-state index contributed by atoms with van der Waals surface area (Å²) in [5.41, 5.74) is 5.42. The quantitative estimate of drug-likeness (QED) is 0.278. The van der Waals surface area contributed by atoms with Gasteiger partial charge in [0.1, 0.15) is 36.1 Å². The van der Waals surface area contributed by atoms with E-state index in [1.54, 1.807) is 10.8 Å². The molecule has 0 radical (unpaired) electrons. The SMILES string of the molecule is CC1(O)C(OC(=O)CCN2CCOCC2)C(COC(=O)CCN2CCOCC2)OC1n1cc2c3c(ncnc31)NC(=O)C=C2N. The molecule has 0 saturated carbocycles. The summed E-state index contributed by atoms with van der Waals surface area (Å²) >= 11 is 0. The number of morpholine rings is 2. The van der Waals surface area contributed by atoms with Gasteiger partial charge in [-0.05, 0) is 6.92 Å². The van der Waals surface area contributed by atoms with Crippen molar-refractivity contribution in [2.75, 3.05) is 77.6 Å². The van der Waals surface area contributed by atoms with Gasteiger partial charge in [0, 0.05) is 62.8 Å². The van der Waals surface area contributed by atoms with E-state index in [0.29, 0.717) is 69.2 Å². The lowest BCUT2D eigenvalue weighted by atomic mass is 9.96. The summed E-state index contributed by atoms with van der Waals surface area (Å²) in [6.07, 6.45) is 1.08. The minimum atomic E-state index is -1.79. The van der Waals surface area contributed by atoms with Crippen molar-refractivity contribution in [1.82, 2.24) is 24.3 Å². The summed E-state index contributed by atoms with van der Waals surface area (Å²) < 4.78 is 30.1. The number of nitrogens with zero attached hydrogens (tertiary/aromatic N) is 5. The zero-order valence-electron chi connectivity index (χ0n) is 25.2. The average Bonchev–Trinajstić information content (AvgIpc) is 3.49. The topological polar surface area (TPSA) is 193 Å². The number of aromatic nitrogens is 3. The van der Waals surface area contributed by atoms with E-state index < -0.39 is 41.9 Å². The fourth-order valence-corrected chi connectivity index (χ4v) is 6.11. The monoisotopic (exact) mass is 629 g/mol. The molecule has 4 N–H and O–H groups in total. The summed E-state index contributed by atoms with van der Waals surface area (Å²) in [5.74, 6) is -1.14. The Morgan fingerprint density at radius 1 is 1.07 bits per heavy atom. The Morgan fingerprint density at radius 2 is 1.71 bits per heavy atom. The van der Waals surface area contributed by atoms with E-state index in [-0.39, 0.29) is 31.0 Å². The van der Waals surface area contributed by atoms with Gasteiger partial charge in [-0.1, -0.05) is 0 Å². The number of aliphatic hydroxyl groups is 1. The van der Waals surface area contributed by atoms with Crippen LogP contribution in [0.5, 0.6) is 0 Å². The van der Waals surface area contributed by atoms with Gasteiger partial charge in [0.2, 0.25) is 0 Å². The van der Waals surface area contributed by atoms with Crippen LogP contribution in [0, 0.1) is 0 Å². The Labute approximate surface area is 259 Å². The van der Waals surface area contributed by atoms with Crippen LogP contribution < -0.4 is 11.1 Å². The molecule has 16 heteroatoms. The van der Waals surface area contributed by atoms with E-state index in [1.807, 2.05) is 0 Å². The standard InChI is InChI=1S/C29H39N7O9/c1-29(40)25(45-23(39)3-5-35-8-12-42-13-9-35)20(16-43-22(38)2-4-34-6-10-41-11-7-34)44-28(29)36-15-18-19(30)14-21(37)33-26-24(18)27(36)32-17-31-26/h14-15,17,20,25,28,40H,2-13,16,30H2,1H3,(H,31,32,33,37).